The van der Waals surface area contributed by atoms with E-state index in [-0.39, 0.29) is 0 Å². The Morgan fingerprint density at radius 2 is 2.46 bits per heavy atom. The molecule has 0 spiro atoms. The monoisotopic (exact) mass is 290 g/mol. The number of hydrogen-bond donors (Lipinski definition) is 2. The zero-order chi connectivity index (χ0) is 9.10. The highest BCUT2D eigenvalue weighted by Gasteiger charge is 2.14. The largest absolute Gasteiger partial charge is 0.365 e. The van der Waals surface area contributed by atoms with Gasteiger partial charge in [-0.25, -0.2) is 4.98 Å². The summed E-state index contributed by atoms with van der Waals surface area (Å²) in [5, 5.41) is 6.64. The van der Waals surface area contributed by atoms with Gasteiger partial charge in [-0.2, -0.15) is 0 Å². The topological polar surface area (TPSA) is 49.8 Å². The molecule has 1 aromatic rings. The molecule has 0 saturated carbocycles. The Hall–Kier alpha value is -0.430. The highest BCUT2D eigenvalue weighted by atomic mass is 127. The molecular formula is C8H11IN4. The number of nitrogens with zero attached hydrogens (tertiary/aromatic N) is 2. The molecule has 13 heavy (non-hydrogen) atoms. The van der Waals surface area contributed by atoms with E-state index >= 15 is 0 Å². The summed E-state index contributed by atoms with van der Waals surface area (Å²) < 4.78 is 0.925. The summed E-state index contributed by atoms with van der Waals surface area (Å²) in [5.41, 5.74) is 0. The van der Waals surface area contributed by atoms with Gasteiger partial charge in [0.15, 0.2) is 0 Å². The second-order valence-corrected chi connectivity index (χ2v) is 4.17. The number of halogens is 1. The van der Waals surface area contributed by atoms with Crippen LogP contribution in [0, 0.1) is 3.70 Å². The summed E-state index contributed by atoms with van der Waals surface area (Å²) in [6.45, 7) is 2.11. The quantitative estimate of drug-likeness (QED) is 0.793. The lowest BCUT2D eigenvalue weighted by Gasteiger charge is -2.10. The highest BCUT2D eigenvalue weighted by molar-refractivity contribution is 14.1. The van der Waals surface area contributed by atoms with Crippen LogP contribution in [0.4, 0.5) is 5.82 Å². The summed E-state index contributed by atoms with van der Waals surface area (Å²) in [4.78, 5) is 8.40. The molecule has 0 amide bonds. The zero-order valence-electron chi connectivity index (χ0n) is 7.13. The predicted octanol–water partition coefficient (Wildman–Crippen LogP) is 0.855. The molecule has 1 fully saturated rings. The first-order chi connectivity index (χ1) is 6.34. The third-order valence-corrected chi connectivity index (χ3v) is 2.54. The summed E-state index contributed by atoms with van der Waals surface area (Å²) in [6.07, 6.45) is 4.67. The van der Waals surface area contributed by atoms with Gasteiger partial charge >= 0.3 is 0 Å². The Balaban J connectivity index is 2.00. The van der Waals surface area contributed by atoms with Crippen LogP contribution in [-0.2, 0) is 0 Å². The van der Waals surface area contributed by atoms with Crippen molar-refractivity contribution in [1.82, 2.24) is 15.3 Å². The maximum absolute atomic E-state index is 4.32. The van der Waals surface area contributed by atoms with Gasteiger partial charge in [0.2, 0.25) is 0 Å². The van der Waals surface area contributed by atoms with Gasteiger partial charge in [0.25, 0.3) is 0 Å². The van der Waals surface area contributed by atoms with Crippen molar-refractivity contribution in [2.24, 2.45) is 0 Å². The number of hydrogen-bond acceptors (Lipinski definition) is 4. The predicted molar refractivity (Wildman–Crippen MR) is 59.6 cm³/mol. The van der Waals surface area contributed by atoms with Crippen molar-refractivity contribution in [2.75, 3.05) is 18.4 Å². The number of nitrogens with one attached hydrogen (secondary N) is 2. The van der Waals surface area contributed by atoms with Crippen LogP contribution in [0.25, 0.3) is 0 Å². The van der Waals surface area contributed by atoms with Crippen LogP contribution >= 0.6 is 22.6 Å². The van der Waals surface area contributed by atoms with Crippen molar-refractivity contribution in [1.29, 1.82) is 0 Å². The van der Waals surface area contributed by atoms with Crippen LogP contribution in [0.1, 0.15) is 6.42 Å². The molecule has 2 heterocycles. The molecule has 1 saturated heterocycles. The first kappa shape index (κ1) is 9.14. The lowest BCUT2D eigenvalue weighted by atomic mass is 10.3. The summed E-state index contributed by atoms with van der Waals surface area (Å²) in [7, 11) is 0. The van der Waals surface area contributed by atoms with E-state index in [0.29, 0.717) is 6.04 Å². The summed E-state index contributed by atoms with van der Waals surface area (Å²) in [6, 6.07) is 0.507. The average molecular weight is 290 g/mol. The first-order valence-corrected chi connectivity index (χ1v) is 5.37. The van der Waals surface area contributed by atoms with E-state index in [4.69, 9.17) is 0 Å². The zero-order valence-corrected chi connectivity index (χ0v) is 9.28. The molecule has 1 aliphatic heterocycles. The van der Waals surface area contributed by atoms with Gasteiger partial charge in [-0.1, -0.05) is 0 Å². The van der Waals surface area contributed by atoms with E-state index in [1.807, 2.05) is 0 Å². The number of anilines is 1. The highest BCUT2D eigenvalue weighted by Crippen LogP contribution is 2.08. The van der Waals surface area contributed by atoms with E-state index in [0.717, 1.165) is 29.0 Å². The van der Waals surface area contributed by atoms with E-state index in [1.54, 1.807) is 12.4 Å². The van der Waals surface area contributed by atoms with Gasteiger partial charge in [-0.05, 0) is 35.6 Å². The minimum atomic E-state index is 0.507. The van der Waals surface area contributed by atoms with Gasteiger partial charge in [0.05, 0.1) is 12.4 Å². The molecular weight excluding hydrogens is 279 g/mol. The molecule has 1 aliphatic rings. The molecule has 1 unspecified atom stereocenters. The van der Waals surface area contributed by atoms with Crippen molar-refractivity contribution in [2.45, 2.75) is 12.5 Å². The smallest absolute Gasteiger partial charge is 0.146 e. The van der Waals surface area contributed by atoms with E-state index in [1.165, 1.54) is 0 Å². The van der Waals surface area contributed by atoms with Crippen LogP contribution in [0.15, 0.2) is 12.4 Å². The SMILES string of the molecule is Ic1cncc(NC2CCNC2)n1. The molecule has 0 radical (unpaired) electrons. The molecule has 2 rings (SSSR count). The fourth-order valence-corrected chi connectivity index (χ4v) is 1.82. The molecule has 0 aromatic carbocycles. The lowest BCUT2D eigenvalue weighted by Crippen LogP contribution is -2.22. The molecule has 70 valence electrons. The third kappa shape index (κ3) is 2.50. The maximum Gasteiger partial charge on any atom is 0.146 e. The lowest BCUT2D eigenvalue weighted by molar-refractivity contribution is 0.785. The first-order valence-electron chi connectivity index (χ1n) is 4.29. The van der Waals surface area contributed by atoms with E-state index in [2.05, 4.69) is 43.2 Å². The van der Waals surface area contributed by atoms with Gasteiger partial charge in [0.1, 0.15) is 9.52 Å². The Labute approximate surface area is 90.7 Å². The van der Waals surface area contributed by atoms with Crippen LogP contribution in [0.3, 0.4) is 0 Å². The molecule has 0 bridgehead atoms. The van der Waals surface area contributed by atoms with Gasteiger partial charge in [-0.3, -0.25) is 4.98 Å². The van der Waals surface area contributed by atoms with Crippen molar-refractivity contribution >= 4 is 28.4 Å². The van der Waals surface area contributed by atoms with E-state index in [9.17, 15) is 0 Å². The molecule has 1 aromatic heterocycles. The third-order valence-electron chi connectivity index (χ3n) is 2.02. The summed E-state index contributed by atoms with van der Waals surface area (Å²) in [5.74, 6) is 0.876. The van der Waals surface area contributed by atoms with Crippen LogP contribution in [0.5, 0.6) is 0 Å². The average Bonchev–Trinajstić information content (AvgIpc) is 2.57. The fraction of sp³-hybridized carbons (Fsp3) is 0.500. The Morgan fingerprint density at radius 1 is 1.54 bits per heavy atom. The van der Waals surface area contributed by atoms with Crippen molar-refractivity contribution in [3.05, 3.63) is 16.1 Å². The van der Waals surface area contributed by atoms with Crippen LogP contribution in [0.2, 0.25) is 0 Å². The van der Waals surface area contributed by atoms with Crippen LogP contribution < -0.4 is 10.6 Å². The molecule has 1 atom stereocenters. The summed E-state index contributed by atoms with van der Waals surface area (Å²) >= 11 is 2.16. The number of aromatic nitrogens is 2. The fourth-order valence-electron chi connectivity index (χ4n) is 1.40. The second-order valence-electron chi connectivity index (χ2n) is 3.06. The Kier molecular flexibility index (Phi) is 2.94. The van der Waals surface area contributed by atoms with Gasteiger partial charge in [-0.15, -0.1) is 0 Å². The van der Waals surface area contributed by atoms with Crippen molar-refractivity contribution < 1.29 is 0 Å². The van der Waals surface area contributed by atoms with Gasteiger partial charge in [0, 0.05) is 12.6 Å². The number of rotatable bonds is 2. The minimum Gasteiger partial charge on any atom is -0.365 e. The Bertz CT molecular complexity index is 285. The second kappa shape index (κ2) is 4.19. The molecule has 2 N–H and O–H groups in total. The minimum absolute atomic E-state index is 0.507. The maximum atomic E-state index is 4.32. The van der Waals surface area contributed by atoms with Crippen molar-refractivity contribution in [3.8, 4) is 0 Å². The standard InChI is InChI=1S/C8H11IN4/c9-7-4-11-5-8(13-7)12-6-1-2-10-3-6/h4-6,10H,1-3H2,(H,12,13). The Morgan fingerprint density at radius 3 is 3.15 bits per heavy atom. The molecule has 0 aliphatic carbocycles. The van der Waals surface area contributed by atoms with Crippen molar-refractivity contribution in [3.63, 3.8) is 0 Å². The van der Waals surface area contributed by atoms with Gasteiger partial charge < -0.3 is 10.6 Å². The van der Waals surface area contributed by atoms with E-state index < -0.39 is 0 Å². The van der Waals surface area contributed by atoms with Crippen LogP contribution in [-0.4, -0.2) is 29.1 Å². The molecule has 5 heteroatoms. The molecule has 4 nitrogen and oxygen atoms in total. The normalized spacial score (nSPS) is 21.8.